The predicted octanol–water partition coefficient (Wildman–Crippen LogP) is 3.28. The van der Waals surface area contributed by atoms with Crippen molar-refractivity contribution < 1.29 is 17.0 Å². The van der Waals surface area contributed by atoms with E-state index in [4.69, 9.17) is 16.6 Å². The molecule has 5 heteroatoms. The predicted molar refractivity (Wildman–Crippen MR) is 108 cm³/mol. The molecular formula is C21H17BrClN2S-. The summed E-state index contributed by atoms with van der Waals surface area (Å²) >= 11 is 7.68. The largest absolute Gasteiger partial charge is 1.00 e. The van der Waals surface area contributed by atoms with Gasteiger partial charge >= 0.3 is 0 Å². The van der Waals surface area contributed by atoms with Gasteiger partial charge in [-0.3, -0.25) is 0 Å². The number of fused-ring (bicyclic) bond motifs is 1. The summed E-state index contributed by atoms with van der Waals surface area (Å²) in [6.45, 7) is 3.01. The minimum Gasteiger partial charge on any atom is -1.00 e. The molecule has 0 unspecified atom stereocenters. The van der Waals surface area contributed by atoms with Crippen molar-refractivity contribution in [2.75, 3.05) is 0 Å². The molecule has 1 heterocycles. The van der Waals surface area contributed by atoms with Gasteiger partial charge in [-0.05, 0) is 36.1 Å². The Bertz CT molecular complexity index is 1090. The maximum Gasteiger partial charge on any atom is 0.190 e. The molecule has 0 saturated heterocycles. The maximum absolute atomic E-state index is 6.02. The minimum atomic E-state index is 0. The molecule has 0 saturated carbocycles. The van der Waals surface area contributed by atoms with Crippen molar-refractivity contribution in [3.8, 4) is 11.3 Å². The van der Waals surface area contributed by atoms with Crippen LogP contribution >= 0.6 is 22.9 Å². The van der Waals surface area contributed by atoms with Crippen LogP contribution in [0, 0.1) is 0 Å². The van der Waals surface area contributed by atoms with Crippen LogP contribution in [0.25, 0.3) is 22.0 Å². The van der Waals surface area contributed by atoms with Crippen LogP contribution in [-0.4, -0.2) is 4.57 Å². The van der Waals surface area contributed by atoms with Gasteiger partial charge in [0.05, 0.1) is 11.4 Å². The van der Waals surface area contributed by atoms with E-state index in [1.165, 1.54) is 16.5 Å². The Morgan fingerprint density at radius 2 is 1.69 bits per heavy atom. The van der Waals surface area contributed by atoms with Gasteiger partial charge in [-0.1, -0.05) is 60.1 Å². The molecule has 0 bridgehead atoms. The molecule has 132 valence electrons. The van der Waals surface area contributed by atoms with Crippen LogP contribution in [0.1, 0.15) is 6.92 Å². The van der Waals surface area contributed by atoms with Gasteiger partial charge in [0.2, 0.25) is 0 Å². The zero-order valence-electron chi connectivity index (χ0n) is 14.2. The highest BCUT2D eigenvalue weighted by molar-refractivity contribution is 7.07. The minimum absolute atomic E-state index is 0. The van der Waals surface area contributed by atoms with E-state index in [2.05, 4.69) is 71.5 Å². The molecule has 0 radical (unpaired) electrons. The third-order valence-corrected chi connectivity index (χ3v) is 5.35. The summed E-state index contributed by atoms with van der Waals surface area (Å²) in [4.78, 5) is 5.96. The van der Waals surface area contributed by atoms with E-state index in [0.29, 0.717) is 0 Å². The van der Waals surface area contributed by atoms with Gasteiger partial charge < -0.3 is 21.5 Å². The van der Waals surface area contributed by atoms with E-state index in [-0.39, 0.29) is 17.0 Å². The fourth-order valence-corrected chi connectivity index (χ4v) is 4.10. The number of halogens is 2. The molecule has 0 aliphatic rings. The fourth-order valence-electron chi connectivity index (χ4n) is 2.98. The smallest absolute Gasteiger partial charge is 0.190 e. The zero-order valence-corrected chi connectivity index (χ0v) is 17.4. The molecule has 0 atom stereocenters. The second-order valence-corrected chi connectivity index (χ2v) is 7.04. The summed E-state index contributed by atoms with van der Waals surface area (Å²) < 4.78 is 2.25. The van der Waals surface area contributed by atoms with Crippen LogP contribution in [0.4, 0.5) is 5.69 Å². The van der Waals surface area contributed by atoms with Crippen LogP contribution in [0.15, 0.2) is 77.1 Å². The van der Waals surface area contributed by atoms with Crippen LogP contribution < -0.4 is 21.8 Å². The van der Waals surface area contributed by atoms with Crippen LogP contribution in [0.3, 0.4) is 0 Å². The lowest BCUT2D eigenvalue weighted by molar-refractivity contribution is -0.00000480. The standard InChI is InChI=1S/C21H17ClN2S.BrH/c1-2-24-20(16-10-12-17(22)13-11-16)14-25-21(24)23-19-9-5-7-15-6-3-4-8-18(15)19;/h3-14H,2H2,1H3;1H/p-1. The quantitative estimate of drug-likeness (QED) is 0.461. The van der Waals surface area contributed by atoms with Crippen LogP contribution in [-0.2, 0) is 6.54 Å². The van der Waals surface area contributed by atoms with E-state index in [1.807, 2.05) is 12.1 Å². The van der Waals surface area contributed by atoms with Crippen LogP contribution in [0.2, 0.25) is 5.02 Å². The Hall–Kier alpha value is -1.88. The molecule has 4 rings (SSSR count). The Labute approximate surface area is 172 Å². The average molecular weight is 445 g/mol. The first kappa shape index (κ1) is 18.9. The molecule has 26 heavy (non-hydrogen) atoms. The first-order valence-corrected chi connectivity index (χ1v) is 9.49. The summed E-state index contributed by atoms with van der Waals surface area (Å²) in [6.07, 6.45) is 0. The average Bonchev–Trinajstić information content (AvgIpc) is 3.05. The second-order valence-electron chi connectivity index (χ2n) is 5.76. The second kappa shape index (κ2) is 8.21. The molecule has 0 aliphatic heterocycles. The van der Waals surface area contributed by atoms with Crippen molar-refractivity contribution in [1.29, 1.82) is 0 Å². The summed E-state index contributed by atoms with van der Waals surface area (Å²) in [5.41, 5.74) is 3.33. The maximum atomic E-state index is 6.02. The SMILES string of the molecule is CCn1c(-c2ccc(Cl)cc2)csc1=Nc1cccc2ccccc12.[Br-]. The van der Waals surface area contributed by atoms with Gasteiger partial charge in [0.15, 0.2) is 4.80 Å². The number of hydrogen-bond donors (Lipinski definition) is 0. The monoisotopic (exact) mass is 443 g/mol. The molecule has 1 aromatic heterocycles. The van der Waals surface area contributed by atoms with Gasteiger partial charge in [-0.15, -0.1) is 11.3 Å². The van der Waals surface area contributed by atoms with E-state index >= 15 is 0 Å². The molecular weight excluding hydrogens is 428 g/mol. The van der Waals surface area contributed by atoms with Crippen molar-refractivity contribution in [3.63, 3.8) is 0 Å². The lowest BCUT2D eigenvalue weighted by Crippen LogP contribution is -3.00. The number of thiazole rings is 1. The number of rotatable bonds is 3. The highest BCUT2D eigenvalue weighted by Gasteiger charge is 2.07. The van der Waals surface area contributed by atoms with Crippen molar-refractivity contribution in [1.82, 2.24) is 4.57 Å². The summed E-state index contributed by atoms with van der Waals surface area (Å²) in [7, 11) is 0. The zero-order chi connectivity index (χ0) is 17.2. The Morgan fingerprint density at radius 1 is 0.962 bits per heavy atom. The molecule has 0 aliphatic carbocycles. The summed E-state index contributed by atoms with van der Waals surface area (Å²) in [6, 6.07) is 22.6. The number of hydrogen-bond acceptors (Lipinski definition) is 2. The van der Waals surface area contributed by atoms with Gasteiger partial charge in [0.1, 0.15) is 0 Å². The highest BCUT2D eigenvalue weighted by Crippen LogP contribution is 2.26. The highest BCUT2D eigenvalue weighted by atomic mass is 79.9. The van der Waals surface area contributed by atoms with Gasteiger partial charge in [-0.2, -0.15) is 0 Å². The fraction of sp³-hybridized carbons (Fsp3) is 0.0952. The van der Waals surface area contributed by atoms with E-state index in [1.54, 1.807) is 11.3 Å². The number of nitrogens with zero attached hydrogens (tertiary/aromatic N) is 2. The van der Waals surface area contributed by atoms with Crippen LogP contribution in [0.5, 0.6) is 0 Å². The first-order chi connectivity index (χ1) is 12.3. The normalized spacial score (nSPS) is 11.5. The van der Waals surface area contributed by atoms with Gasteiger partial charge in [0, 0.05) is 22.3 Å². The summed E-state index contributed by atoms with van der Waals surface area (Å²) in [5.74, 6) is 0. The van der Waals surface area contributed by atoms with E-state index in [9.17, 15) is 0 Å². The molecule has 0 spiro atoms. The first-order valence-electron chi connectivity index (χ1n) is 8.23. The lowest BCUT2D eigenvalue weighted by atomic mass is 10.1. The third kappa shape index (κ3) is 3.63. The molecule has 3 aromatic carbocycles. The molecule has 0 fully saturated rings. The molecule has 2 nitrogen and oxygen atoms in total. The molecule has 0 N–H and O–H groups in total. The third-order valence-electron chi connectivity index (χ3n) is 4.24. The molecule has 0 amide bonds. The Morgan fingerprint density at radius 3 is 2.46 bits per heavy atom. The topological polar surface area (TPSA) is 17.3 Å². The number of benzene rings is 3. The Balaban J connectivity index is 0.00000196. The Kier molecular flexibility index (Phi) is 5.97. The van der Waals surface area contributed by atoms with E-state index in [0.717, 1.165) is 27.6 Å². The lowest BCUT2D eigenvalue weighted by Gasteiger charge is -2.07. The number of aromatic nitrogens is 1. The van der Waals surface area contributed by atoms with Crippen molar-refractivity contribution in [3.05, 3.63) is 81.9 Å². The van der Waals surface area contributed by atoms with Crippen molar-refractivity contribution in [2.45, 2.75) is 13.5 Å². The van der Waals surface area contributed by atoms with E-state index < -0.39 is 0 Å². The molecule has 4 aromatic rings. The van der Waals surface area contributed by atoms with Crippen molar-refractivity contribution in [2.24, 2.45) is 4.99 Å². The van der Waals surface area contributed by atoms with Gasteiger partial charge in [0.25, 0.3) is 0 Å². The van der Waals surface area contributed by atoms with Gasteiger partial charge in [-0.25, -0.2) is 4.99 Å². The van der Waals surface area contributed by atoms with Crippen molar-refractivity contribution >= 4 is 39.4 Å². The summed E-state index contributed by atoms with van der Waals surface area (Å²) in [5, 5.41) is 5.30.